The van der Waals surface area contributed by atoms with Crippen LogP contribution in [0.2, 0.25) is 0 Å². The van der Waals surface area contributed by atoms with Crippen LogP contribution in [0.4, 0.5) is 5.69 Å². The number of benzene rings is 2. The van der Waals surface area contributed by atoms with Gasteiger partial charge >= 0.3 is 0 Å². The van der Waals surface area contributed by atoms with Crippen LogP contribution in [0.25, 0.3) is 0 Å². The summed E-state index contributed by atoms with van der Waals surface area (Å²) >= 11 is 0. The SMILES string of the molecule is CC(C)CC(=O)Nc1ccc(C(=O)N/N=C/c2ccc(O)cc2)cc1. The third-order valence-corrected chi connectivity index (χ3v) is 3.30. The van der Waals surface area contributed by atoms with Gasteiger partial charge in [-0.15, -0.1) is 0 Å². The van der Waals surface area contributed by atoms with Crippen LogP contribution in [0.15, 0.2) is 53.6 Å². The number of phenolic OH excluding ortho intramolecular Hbond substituents is 1. The van der Waals surface area contributed by atoms with Crippen LogP contribution in [0.1, 0.15) is 36.2 Å². The monoisotopic (exact) mass is 339 g/mol. The fourth-order valence-corrected chi connectivity index (χ4v) is 2.08. The second kappa shape index (κ2) is 8.63. The molecule has 2 aromatic rings. The van der Waals surface area contributed by atoms with E-state index in [4.69, 9.17) is 0 Å². The number of carbonyl (C=O) groups is 2. The highest BCUT2D eigenvalue weighted by molar-refractivity contribution is 5.96. The van der Waals surface area contributed by atoms with Crippen molar-refractivity contribution in [3.8, 4) is 5.75 Å². The highest BCUT2D eigenvalue weighted by atomic mass is 16.3. The lowest BCUT2D eigenvalue weighted by molar-refractivity contribution is -0.116. The molecule has 0 fully saturated rings. The van der Waals surface area contributed by atoms with Crippen molar-refractivity contribution in [3.05, 3.63) is 59.7 Å². The van der Waals surface area contributed by atoms with E-state index in [1.54, 1.807) is 36.4 Å². The number of aromatic hydroxyl groups is 1. The molecule has 0 saturated heterocycles. The lowest BCUT2D eigenvalue weighted by Crippen LogP contribution is -2.18. The average molecular weight is 339 g/mol. The van der Waals surface area contributed by atoms with Crippen LogP contribution in [0.5, 0.6) is 5.75 Å². The Bertz CT molecular complexity index is 750. The van der Waals surface area contributed by atoms with Gasteiger partial charge in [0.15, 0.2) is 0 Å². The molecule has 0 bridgehead atoms. The van der Waals surface area contributed by atoms with Crippen LogP contribution in [-0.2, 0) is 4.79 Å². The highest BCUT2D eigenvalue weighted by Gasteiger charge is 2.07. The number of nitrogens with one attached hydrogen (secondary N) is 2. The van der Waals surface area contributed by atoms with Crippen LogP contribution in [0, 0.1) is 5.92 Å². The molecule has 6 heteroatoms. The lowest BCUT2D eigenvalue weighted by atomic mass is 10.1. The first-order chi connectivity index (χ1) is 11.9. The molecule has 130 valence electrons. The highest BCUT2D eigenvalue weighted by Crippen LogP contribution is 2.11. The molecule has 6 nitrogen and oxygen atoms in total. The predicted octanol–water partition coefficient (Wildman–Crippen LogP) is 3.14. The van der Waals surface area contributed by atoms with Gasteiger partial charge < -0.3 is 10.4 Å². The van der Waals surface area contributed by atoms with E-state index in [2.05, 4.69) is 15.8 Å². The minimum absolute atomic E-state index is 0.0503. The maximum atomic E-state index is 12.0. The first kappa shape index (κ1) is 18.2. The van der Waals surface area contributed by atoms with Crippen molar-refractivity contribution in [2.75, 3.05) is 5.32 Å². The fraction of sp³-hybridized carbons (Fsp3) is 0.211. The molecule has 0 aromatic heterocycles. The summed E-state index contributed by atoms with van der Waals surface area (Å²) in [7, 11) is 0. The van der Waals surface area contributed by atoms with Crippen LogP contribution in [0.3, 0.4) is 0 Å². The number of rotatable bonds is 6. The molecule has 0 saturated carbocycles. The van der Waals surface area contributed by atoms with Gasteiger partial charge in [0, 0.05) is 17.7 Å². The molecule has 0 heterocycles. The molecule has 0 radical (unpaired) electrons. The zero-order valence-electron chi connectivity index (χ0n) is 14.2. The van der Waals surface area contributed by atoms with Crippen molar-refractivity contribution in [3.63, 3.8) is 0 Å². The maximum Gasteiger partial charge on any atom is 0.271 e. The molecule has 2 rings (SSSR count). The molecule has 0 aliphatic heterocycles. The van der Waals surface area contributed by atoms with Gasteiger partial charge in [-0.3, -0.25) is 9.59 Å². The Kier molecular flexibility index (Phi) is 6.28. The third kappa shape index (κ3) is 6.10. The van der Waals surface area contributed by atoms with Crippen LogP contribution < -0.4 is 10.7 Å². The van der Waals surface area contributed by atoms with Crippen molar-refractivity contribution in [1.29, 1.82) is 0 Å². The quantitative estimate of drug-likeness (QED) is 0.558. The third-order valence-electron chi connectivity index (χ3n) is 3.30. The van der Waals surface area contributed by atoms with Crippen molar-refractivity contribution in [2.24, 2.45) is 11.0 Å². The van der Waals surface area contributed by atoms with Gasteiger partial charge in [0.2, 0.25) is 5.91 Å². The Morgan fingerprint density at radius 3 is 2.32 bits per heavy atom. The summed E-state index contributed by atoms with van der Waals surface area (Å²) in [6.07, 6.45) is 1.94. The molecule has 25 heavy (non-hydrogen) atoms. The Labute approximate surface area is 146 Å². The van der Waals surface area contributed by atoms with Crippen molar-refractivity contribution in [2.45, 2.75) is 20.3 Å². The first-order valence-electron chi connectivity index (χ1n) is 7.96. The predicted molar refractivity (Wildman–Crippen MR) is 97.7 cm³/mol. The summed E-state index contributed by atoms with van der Waals surface area (Å²) in [6, 6.07) is 13.0. The van der Waals surface area contributed by atoms with Gasteiger partial charge in [0.25, 0.3) is 5.91 Å². The van der Waals surface area contributed by atoms with E-state index in [1.807, 2.05) is 13.8 Å². The van der Waals surface area contributed by atoms with E-state index in [-0.39, 0.29) is 23.5 Å². The van der Waals surface area contributed by atoms with Gasteiger partial charge in [-0.2, -0.15) is 5.10 Å². The molecular formula is C19H21N3O3. The molecule has 0 aliphatic carbocycles. The van der Waals surface area contributed by atoms with E-state index < -0.39 is 0 Å². The molecule has 2 amide bonds. The normalized spacial score (nSPS) is 10.8. The summed E-state index contributed by atoms with van der Waals surface area (Å²) < 4.78 is 0. The smallest absolute Gasteiger partial charge is 0.271 e. The van der Waals surface area contributed by atoms with Gasteiger partial charge in [-0.25, -0.2) is 5.43 Å². The van der Waals surface area contributed by atoms with E-state index in [0.717, 1.165) is 5.56 Å². The average Bonchev–Trinajstić information content (AvgIpc) is 2.56. The maximum absolute atomic E-state index is 12.0. The second-order valence-corrected chi connectivity index (χ2v) is 6.01. The zero-order chi connectivity index (χ0) is 18.2. The molecule has 0 aliphatic rings. The van der Waals surface area contributed by atoms with Gasteiger partial charge in [-0.05, 0) is 60.0 Å². The summed E-state index contributed by atoms with van der Waals surface area (Å²) in [4.78, 5) is 23.7. The number of anilines is 1. The van der Waals surface area contributed by atoms with Crippen LogP contribution >= 0.6 is 0 Å². The lowest BCUT2D eigenvalue weighted by Gasteiger charge is -2.07. The van der Waals surface area contributed by atoms with E-state index in [9.17, 15) is 14.7 Å². The van der Waals surface area contributed by atoms with Crippen molar-refractivity contribution < 1.29 is 14.7 Å². The van der Waals surface area contributed by atoms with Gasteiger partial charge in [0.05, 0.1) is 6.21 Å². The van der Waals surface area contributed by atoms with Gasteiger partial charge in [-0.1, -0.05) is 13.8 Å². The summed E-state index contributed by atoms with van der Waals surface area (Å²) in [5, 5.41) is 15.9. The standard InChI is InChI=1S/C19H21N3O3/c1-13(2)11-18(24)21-16-7-5-15(6-8-16)19(25)22-20-12-14-3-9-17(23)10-4-14/h3-10,12-13,23H,11H2,1-2H3,(H,21,24)(H,22,25)/b20-12+. The van der Waals surface area contributed by atoms with Crippen LogP contribution in [-0.4, -0.2) is 23.1 Å². The molecule has 0 unspecified atom stereocenters. The Hall–Kier alpha value is -3.15. The minimum Gasteiger partial charge on any atom is -0.508 e. The first-order valence-corrected chi connectivity index (χ1v) is 7.96. The number of phenols is 1. The molecule has 0 atom stereocenters. The summed E-state index contributed by atoms with van der Waals surface area (Å²) in [5.41, 5.74) is 4.26. The van der Waals surface area contributed by atoms with E-state index >= 15 is 0 Å². The van der Waals surface area contributed by atoms with Crippen molar-refractivity contribution in [1.82, 2.24) is 5.43 Å². The number of hydrogen-bond donors (Lipinski definition) is 3. The number of carbonyl (C=O) groups excluding carboxylic acids is 2. The number of nitrogens with zero attached hydrogens (tertiary/aromatic N) is 1. The molecule has 3 N–H and O–H groups in total. The second-order valence-electron chi connectivity index (χ2n) is 6.01. The number of hydrazone groups is 1. The number of hydrogen-bond acceptors (Lipinski definition) is 4. The Morgan fingerprint density at radius 1 is 1.08 bits per heavy atom. The van der Waals surface area contributed by atoms with E-state index in [1.165, 1.54) is 18.3 Å². The molecular weight excluding hydrogens is 318 g/mol. The Morgan fingerprint density at radius 2 is 1.72 bits per heavy atom. The summed E-state index contributed by atoms with van der Waals surface area (Å²) in [5.74, 6) is 0.0547. The number of amides is 2. The molecule has 2 aromatic carbocycles. The zero-order valence-corrected chi connectivity index (χ0v) is 14.2. The fourth-order valence-electron chi connectivity index (χ4n) is 2.08. The summed E-state index contributed by atoms with van der Waals surface area (Å²) in [6.45, 7) is 3.96. The van der Waals surface area contributed by atoms with Crippen molar-refractivity contribution >= 4 is 23.7 Å². The largest absolute Gasteiger partial charge is 0.508 e. The Balaban J connectivity index is 1.89. The molecule has 0 spiro atoms. The van der Waals surface area contributed by atoms with Gasteiger partial charge in [0.1, 0.15) is 5.75 Å². The minimum atomic E-state index is -0.352. The van der Waals surface area contributed by atoms with E-state index in [0.29, 0.717) is 17.7 Å². The topological polar surface area (TPSA) is 90.8 Å².